The number of fused-ring (bicyclic) bond motifs is 1. The monoisotopic (exact) mass is 229 g/mol. The topological polar surface area (TPSA) is 21.3 Å². The molecule has 0 saturated heterocycles. The predicted molar refractivity (Wildman–Crippen MR) is 72.6 cm³/mol. The molecule has 2 heteroatoms. The van der Waals surface area contributed by atoms with E-state index in [-0.39, 0.29) is 6.10 Å². The fraction of sp³-hybridized carbons (Fsp3) is 0.333. The predicted octanol–water partition coefficient (Wildman–Crippen LogP) is 3.22. The summed E-state index contributed by atoms with van der Waals surface area (Å²) in [5, 5.41) is 5.60. The summed E-state index contributed by atoms with van der Waals surface area (Å²) in [6, 6.07) is 14.8. The van der Waals surface area contributed by atoms with Gasteiger partial charge in [-0.1, -0.05) is 36.4 Å². The first-order valence-electron chi connectivity index (χ1n) is 6.04. The Morgan fingerprint density at radius 3 is 2.47 bits per heavy atom. The Labute approximate surface area is 103 Å². The van der Waals surface area contributed by atoms with Crippen molar-refractivity contribution in [1.29, 1.82) is 0 Å². The van der Waals surface area contributed by atoms with Crippen molar-refractivity contribution < 1.29 is 4.74 Å². The third kappa shape index (κ3) is 2.59. The number of benzene rings is 2. The molecule has 2 aromatic rings. The average molecular weight is 229 g/mol. The van der Waals surface area contributed by atoms with E-state index in [0.717, 1.165) is 5.75 Å². The van der Waals surface area contributed by atoms with E-state index in [9.17, 15) is 0 Å². The molecular formula is C15H19NO. The minimum Gasteiger partial charge on any atom is -0.488 e. The fourth-order valence-electron chi connectivity index (χ4n) is 1.84. The van der Waals surface area contributed by atoms with Gasteiger partial charge in [-0.3, -0.25) is 0 Å². The lowest BCUT2D eigenvalue weighted by Gasteiger charge is -2.21. The average Bonchev–Trinajstić information content (AvgIpc) is 2.38. The van der Waals surface area contributed by atoms with E-state index in [0.29, 0.717) is 6.04 Å². The lowest BCUT2D eigenvalue weighted by molar-refractivity contribution is 0.185. The second-order valence-corrected chi connectivity index (χ2v) is 4.38. The molecule has 2 atom stereocenters. The zero-order valence-corrected chi connectivity index (χ0v) is 10.6. The maximum Gasteiger partial charge on any atom is 0.127 e. The van der Waals surface area contributed by atoms with Crippen LogP contribution in [0.25, 0.3) is 10.8 Å². The lowest BCUT2D eigenvalue weighted by Crippen LogP contribution is -2.36. The van der Waals surface area contributed by atoms with E-state index in [1.807, 2.05) is 31.3 Å². The summed E-state index contributed by atoms with van der Waals surface area (Å²) >= 11 is 0. The van der Waals surface area contributed by atoms with E-state index >= 15 is 0 Å². The van der Waals surface area contributed by atoms with Crippen molar-refractivity contribution >= 4 is 10.8 Å². The Hall–Kier alpha value is -1.54. The van der Waals surface area contributed by atoms with Gasteiger partial charge in [0.2, 0.25) is 0 Å². The van der Waals surface area contributed by atoms with Crippen LogP contribution in [0.2, 0.25) is 0 Å². The van der Waals surface area contributed by atoms with E-state index < -0.39 is 0 Å². The van der Waals surface area contributed by atoms with Crippen LogP contribution in [0.3, 0.4) is 0 Å². The van der Waals surface area contributed by atoms with Gasteiger partial charge in [0, 0.05) is 11.4 Å². The van der Waals surface area contributed by atoms with Gasteiger partial charge in [-0.05, 0) is 32.3 Å². The molecule has 90 valence electrons. The number of nitrogens with one attached hydrogen (secondary N) is 1. The first-order chi connectivity index (χ1) is 8.22. The Morgan fingerprint density at radius 2 is 1.71 bits per heavy atom. The van der Waals surface area contributed by atoms with Crippen LogP contribution in [0.1, 0.15) is 13.8 Å². The van der Waals surface area contributed by atoms with Gasteiger partial charge in [0.15, 0.2) is 0 Å². The highest BCUT2D eigenvalue weighted by atomic mass is 16.5. The molecule has 0 aliphatic heterocycles. The first kappa shape index (κ1) is 11.9. The molecule has 0 bridgehead atoms. The van der Waals surface area contributed by atoms with Crippen LogP contribution in [-0.4, -0.2) is 19.2 Å². The molecule has 0 saturated carbocycles. The molecule has 0 fully saturated rings. The number of likely N-dealkylation sites (N-methyl/N-ethyl adjacent to an activating group) is 1. The molecule has 2 aromatic carbocycles. The Bertz CT molecular complexity index is 490. The summed E-state index contributed by atoms with van der Waals surface area (Å²) in [5.41, 5.74) is 0. The van der Waals surface area contributed by atoms with Gasteiger partial charge < -0.3 is 10.1 Å². The van der Waals surface area contributed by atoms with Crippen molar-refractivity contribution in [2.75, 3.05) is 7.05 Å². The standard InChI is InChI=1S/C15H19NO/c1-11(16-3)12(2)17-15-10-6-8-13-7-4-5-9-14(13)15/h4-12,16H,1-3H3. The van der Waals surface area contributed by atoms with Crippen LogP contribution in [0.4, 0.5) is 0 Å². The molecule has 0 aliphatic carbocycles. The normalized spacial score (nSPS) is 14.5. The first-order valence-corrected chi connectivity index (χ1v) is 6.04. The maximum atomic E-state index is 6.02. The van der Waals surface area contributed by atoms with Gasteiger partial charge in [-0.2, -0.15) is 0 Å². The Balaban J connectivity index is 2.30. The van der Waals surface area contributed by atoms with Crippen molar-refractivity contribution in [3.63, 3.8) is 0 Å². The number of hydrogen-bond donors (Lipinski definition) is 1. The number of ether oxygens (including phenoxy) is 1. The van der Waals surface area contributed by atoms with Crippen LogP contribution in [0.5, 0.6) is 5.75 Å². The van der Waals surface area contributed by atoms with Gasteiger partial charge >= 0.3 is 0 Å². The zero-order valence-electron chi connectivity index (χ0n) is 10.6. The van der Waals surface area contributed by atoms with Crippen molar-refractivity contribution in [3.8, 4) is 5.75 Å². The van der Waals surface area contributed by atoms with Crippen molar-refractivity contribution in [1.82, 2.24) is 5.32 Å². The van der Waals surface area contributed by atoms with Crippen molar-refractivity contribution in [2.45, 2.75) is 26.0 Å². The third-order valence-electron chi connectivity index (χ3n) is 3.22. The summed E-state index contributed by atoms with van der Waals surface area (Å²) in [6.45, 7) is 4.21. The molecule has 0 heterocycles. The smallest absolute Gasteiger partial charge is 0.127 e. The minimum atomic E-state index is 0.144. The van der Waals surface area contributed by atoms with Gasteiger partial charge in [-0.15, -0.1) is 0 Å². The highest BCUT2D eigenvalue weighted by Crippen LogP contribution is 2.26. The zero-order chi connectivity index (χ0) is 12.3. The fourth-order valence-corrected chi connectivity index (χ4v) is 1.84. The molecule has 17 heavy (non-hydrogen) atoms. The summed E-state index contributed by atoms with van der Waals surface area (Å²) < 4.78 is 6.02. The van der Waals surface area contributed by atoms with Gasteiger partial charge in [0.05, 0.1) is 0 Å². The molecule has 2 nitrogen and oxygen atoms in total. The van der Waals surface area contributed by atoms with Crippen molar-refractivity contribution in [3.05, 3.63) is 42.5 Å². The van der Waals surface area contributed by atoms with Crippen molar-refractivity contribution in [2.24, 2.45) is 0 Å². The van der Waals surface area contributed by atoms with E-state index in [1.165, 1.54) is 10.8 Å². The Morgan fingerprint density at radius 1 is 1.00 bits per heavy atom. The SMILES string of the molecule is CNC(C)C(C)Oc1cccc2ccccc12. The lowest BCUT2D eigenvalue weighted by atomic mass is 10.1. The second-order valence-electron chi connectivity index (χ2n) is 4.38. The van der Waals surface area contributed by atoms with E-state index in [1.54, 1.807) is 0 Å². The van der Waals surface area contributed by atoms with Gasteiger partial charge in [-0.25, -0.2) is 0 Å². The van der Waals surface area contributed by atoms with E-state index in [4.69, 9.17) is 4.74 Å². The highest BCUT2D eigenvalue weighted by molar-refractivity contribution is 5.88. The van der Waals surface area contributed by atoms with E-state index in [2.05, 4.69) is 37.4 Å². The molecule has 0 aliphatic rings. The molecular weight excluding hydrogens is 210 g/mol. The molecule has 2 unspecified atom stereocenters. The molecule has 2 rings (SSSR count). The molecule has 1 N–H and O–H groups in total. The molecule has 0 radical (unpaired) electrons. The van der Waals surface area contributed by atoms with Crippen LogP contribution in [0.15, 0.2) is 42.5 Å². The largest absolute Gasteiger partial charge is 0.488 e. The third-order valence-corrected chi connectivity index (χ3v) is 3.22. The van der Waals surface area contributed by atoms with Crippen LogP contribution in [-0.2, 0) is 0 Å². The molecule has 0 aromatic heterocycles. The number of rotatable bonds is 4. The molecule has 0 amide bonds. The van der Waals surface area contributed by atoms with Gasteiger partial charge in [0.25, 0.3) is 0 Å². The quantitative estimate of drug-likeness (QED) is 0.869. The van der Waals surface area contributed by atoms with Crippen LogP contribution >= 0.6 is 0 Å². The second kappa shape index (κ2) is 5.19. The molecule has 0 spiro atoms. The summed E-state index contributed by atoms with van der Waals surface area (Å²) in [7, 11) is 1.95. The van der Waals surface area contributed by atoms with Crippen LogP contribution in [0, 0.1) is 0 Å². The Kier molecular flexibility index (Phi) is 3.64. The van der Waals surface area contributed by atoms with Gasteiger partial charge in [0.1, 0.15) is 11.9 Å². The summed E-state index contributed by atoms with van der Waals surface area (Å²) in [6.07, 6.45) is 0.144. The highest BCUT2D eigenvalue weighted by Gasteiger charge is 2.12. The minimum absolute atomic E-state index is 0.144. The summed E-state index contributed by atoms with van der Waals surface area (Å²) in [4.78, 5) is 0. The summed E-state index contributed by atoms with van der Waals surface area (Å²) in [5.74, 6) is 0.956. The maximum absolute atomic E-state index is 6.02. The number of hydrogen-bond acceptors (Lipinski definition) is 2. The van der Waals surface area contributed by atoms with Crippen LogP contribution < -0.4 is 10.1 Å².